The molecule has 1 saturated heterocycles. The van der Waals surface area contributed by atoms with Gasteiger partial charge in [0.05, 0.1) is 28.9 Å². The van der Waals surface area contributed by atoms with Gasteiger partial charge in [-0.05, 0) is 24.6 Å². The highest BCUT2D eigenvalue weighted by molar-refractivity contribution is 6.38. The Hall–Kier alpha value is -0.480. The van der Waals surface area contributed by atoms with Gasteiger partial charge in [0.15, 0.2) is 0 Å². The fourth-order valence-electron chi connectivity index (χ4n) is 1.96. The first-order valence-electron chi connectivity index (χ1n) is 5.63. The van der Waals surface area contributed by atoms with E-state index in [1.54, 1.807) is 0 Å². The summed E-state index contributed by atoms with van der Waals surface area (Å²) in [5.41, 5.74) is 7.25. The monoisotopic (exact) mass is 274 g/mol. The molecular weight excluding hydrogens is 259 g/mol. The summed E-state index contributed by atoms with van der Waals surface area (Å²) in [6, 6.07) is 4.18. The topological polar surface area (TPSA) is 38.5 Å². The number of hydrogen-bond donors (Lipinski definition) is 1. The average molecular weight is 275 g/mol. The van der Waals surface area contributed by atoms with Crippen LogP contribution in [0.3, 0.4) is 0 Å². The summed E-state index contributed by atoms with van der Waals surface area (Å²) in [6.45, 7) is 5.46. The van der Waals surface area contributed by atoms with Crippen molar-refractivity contribution < 1.29 is 4.74 Å². The quantitative estimate of drug-likeness (QED) is 0.843. The van der Waals surface area contributed by atoms with Gasteiger partial charge in [-0.1, -0.05) is 23.2 Å². The number of hydrogen-bond acceptors (Lipinski definition) is 3. The molecule has 1 aromatic rings. The number of anilines is 1. The zero-order chi connectivity index (χ0) is 12.4. The molecule has 1 heterocycles. The average Bonchev–Trinajstić information content (AvgIpc) is 2.29. The summed E-state index contributed by atoms with van der Waals surface area (Å²) in [5.74, 6) is 0. The first-order valence-corrected chi connectivity index (χ1v) is 6.38. The van der Waals surface area contributed by atoms with E-state index in [2.05, 4.69) is 11.8 Å². The lowest BCUT2D eigenvalue weighted by Gasteiger charge is -2.33. The molecule has 0 radical (unpaired) electrons. The van der Waals surface area contributed by atoms with Gasteiger partial charge in [0.2, 0.25) is 0 Å². The minimum Gasteiger partial charge on any atom is -0.396 e. The van der Waals surface area contributed by atoms with E-state index < -0.39 is 0 Å². The van der Waals surface area contributed by atoms with Crippen molar-refractivity contribution in [2.45, 2.75) is 19.5 Å². The summed E-state index contributed by atoms with van der Waals surface area (Å²) in [7, 11) is 0. The van der Waals surface area contributed by atoms with E-state index in [0.717, 1.165) is 31.9 Å². The Labute approximate surface area is 111 Å². The number of morpholine rings is 1. The predicted octanol–water partition coefficient (Wildman–Crippen LogP) is 2.80. The van der Waals surface area contributed by atoms with Gasteiger partial charge in [-0.3, -0.25) is 4.90 Å². The summed E-state index contributed by atoms with van der Waals surface area (Å²) in [5, 5.41) is 1.04. The van der Waals surface area contributed by atoms with Gasteiger partial charge in [0, 0.05) is 19.1 Å². The summed E-state index contributed by atoms with van der Waals surface area (Å²) < 4.78 is 5.40. The largest absolute Gasteiger partial charge is 0.396 e. The van der Waals surface area contributed by atoms with Crippen LogP contribution >= 0.6 is 23.2 Å². The van der Waals surface area contributed by atoms with E-state index in [9.17, 15) is 0 Å². The molecule has 1 aliphatic heterocycles. The standard InChI is InChI=1S/C12H16Cl2N2O/c1-8-7-17-3-2-16(8)6-9-4-10(13)12(15)11(14)5-9/h4-5,8H,2-3,6-7,15H2,1H3. The lowest BCUT2D eigenvalue weighted by atomic mass is 10.1. The maximum absolute atomic E-state index is 6.02. The van der Waals surface area contributed by atoms with Crippen molar-refractivity contribution in [1.29, 1.82) is 0 Å². The van der Waals surface area contributed by atoms with Gasteiger partial charge in [-0.25, -0.2) is 0 Å². The number of nitrogen functional groups attached to an aromatic ring is 1. The van der Waals surface area contributed by atoms with Crippen LogP contribution in [0.1, 0.15) is 12.5 Å². The number of halogens is 2. The zero-order valence-corrected chi connectivity index (χ0v) is 11.3. The minimum absolute atomic E-state index is 0.416. The lowest BCUT2D eigenvalue weighted by molar-refractivity contribution is -0.00436. The van der Waals surface area contributed by atoms with Crippen molar-refractivity contribution in [3.05, 3.63) is 27.7 Å². The molecule has 1 aromatic carbocycles. The van der Waals surface area contributed by atoms with Crippen LogP contribution in [-0.2, 0) is 11.3 Å². The van der Waals surface area contributed by atoms with Crippen molar-refractivity contribution in [3.63, 3.8) is 0 Å². The molecule has 0 aliphatic carbocycles. The Kier molecular flexibility index (Phi) is 4.15. The SMILES string of the molecule is CC1COCCN1Cc1cc(Cl)c(N)c(Cl)c1. The van der Waals surface area contributed by atoms with Crippen molar-refractivity contribution >= 4 is 28.9 Å². The van der Waals surface area contributed by atoms with E-state index >= 15 is 0 Å². The van der Waals surface area contributed by atoms with E-state index in [1.165, 1.54) is 0 Å². The Morgan fingerprint density at radius 2 is 2.06 bits per heavy atom. The Balaban J connectivity index is 2.12. The van der Waals surface area contributed by atoms with Crippen LogP contribution in [0.5, 0.6) is 0 Å². The van der Waals surface area contributed by atoms with Gasteiger partial charge >= 0.3 is 0 Å². The van der Waals surface area contributed by atoms with Crippen LogP contribution in [0.15, 0.2) is 12.1 Å². The summed E-state index contributed by atoms with van der Waals surface area (Å²) in [6.07, 6.45) is 0. The highest BCUT2D eigenvalue weighted by Crippen LogP contribution is 2.29. The van der Waals surface area contributed by atoms with Crippen molar-refractivity contribution in [2.24, 2.45) is 0 Å². The fourth-order valence-corrected chi connectivity index (χ4v) is 2.49. The normalized spacial score (nSPS) is 21.7. The van der Waals surface area contributed by atoms with Crippen molar-refractivity contribution in [1.82, 2.24) is 4.90 Å². The van der Waals surface area contributed by atoms with Gasteiger partial charge in [-0.15, -0.1) is 0 Å². The lowest BCUT2D eigenvalue weighted by Crippen LogP contribution is -2.42. The molecule has 17 heavy (non-hydrogen) atoms. The Morgan fingerprint density at radius 1 is 1.41 bits per heavy atom. The van der Waals surface area contributed by atoms with Crippen molar-refractivity contribution in [3.8, 4) is 0 Å². The third-order valence-electron chi connectivity index (χ3n) is 3.03. The highest BCUT2D eigenvalue weighted by Gasteiger charge is 2.19. The van der Waals surface area contributed by atoms with E-state index in [0.29, 0.717) is 21.8 Å². The second-order valence-electron chi connectivity index (χ2n) is 4.37. The van der Waals surface area contributed by atoms with Gasteiger partial charge < -0.3 is 10.5 Å². The molecule has 1 atom stereocenters. The van der Waals surface area contributed by atoms with Crippen LogP contribution in [0.25, 0.3) is 0 Å². The van der Waals surface area contributed by atoms with E-state index in [-0.39, 0.29) is 0 Å². The molecular formula is C12H16Cl2N2O. The third-order valence-corrected chi connectivity index (χ3v) is 3.66. The zero-order valence-electron chi connectivity index (χ0n) is 9.75. The predicted molar refractivity (Wildman–Crippen MR) is 71.6 cm³/mol. The molecule has 5 heteroatoms. The molecule has 0 saturated carbocycles. The second-order valence-corrected chi connectivity index (χ2v) is 5.18. The Bertz CT molecular complexity index is 388. The van der Waals surface area contributed by atoms with Crippen molar-refractivity contribution in [2.75, 3.05) is 25.5 Å². The molecule has 1 aliphatic rings. The van der Waals surface area contributed by atoms with Crippen LogP contribution < -0.4 is 5.73 Å². The summed E-state index contributed by atoms with van der Waals surface area (Å²) >= 11 is 12.0. The van der Waals surface area contributed by atoms with Crippen LogP contribution in [0, 0.1) is 0 Å². The number of nitrogens with zero attached hydrogens (tertiary/aromatic N) is 1. The fraction of sp³-hybridized carbons (Fsp3) is 0.500. The maximum atomic E-state index is 6.02. The minimum atomic E-state index is 0.416. The van der Waals surface area contributed by atoms with Crippen LogP contribution in [-0.4, -0.2) is 30.7 Å². The molecule has 0 bridgehead atoms. The molecule has 2 N–H and O–H groups in total. The van der Waals surface area contributed by atoms with E-state index in [4.69, 9.17) is 33.7 Å². The molecule has 1 unspecified atom stereocenters. The number of nitrogens with two attached hydrogens (primary N) is 1. The maximum Gasteiger partial charge on any atom is 0.0693 e. The summed E-state index contributed by atoms with van der Waals surface area (Å²) in [4.78, 5) is 2.35. The van der Waals surface area contributed by atoms with E-state index in [1.807, 2.05) is 12.1 Å². The highest BCUT2D eigenvalue weighted by atomic mass is 35.5. The first kappa shape index (κ1) is 13.0. The molecule has 0 spiro atoms. The molecule has 1 fully saturated rings. The molecule has 0 amide bonds. The second kappa shape index (κ2) is 5.44. The smallest absolute Gasteiger partial charge is 0.0693 e. The Morgan fingerprint density at radius 3 is 2.65 bits per heavy atom. The first-order chi connectivity index (χ1) is 8.08. The van der Waals surface area contributed by atoms with Crippen LogP contribution in [0.2, 0.25) is 10.0 Å². The number of benzene rings is 1. The molecule has 0 aromatic heterocycles. The molecule has 3 nitrogen and oxygen atoms in total. The molecule has 94 valence electrons. The van der Waals surface area contributed by atoms with Crippen LogP contribution in [0.4, 0.5) is 5.69 Å². The van der Waals surface area contributed by atoms with Gasteiger partial charge in [-0.2, -0.15) is 0 Å². The number of rotatable bonds is 2. The molecule has 2 rings (SSSR count). The third kappa shape index (κ3) is 3.05. The number of ether oxygens (including phenoxy) is 1. The van der Waals surface area contributed by atoms with Gasteiger partial charge in [0.25, 0.3) is 0 Å². The van der Waals surface area contributed by atoms with Gasteiger partial charge in [0.1, 0.15) is 0 Å².